The number of anilines is 1. The number of benzene rings is 2. The van der Waals surface area contributed by atoms with Gasteiger partial charge in [-0.15, -0.1) is 10.2 Å². The Balaban J connectivity index is 1.77. The van der Waals surface area contributed by atoms with Gasteiger partial charge in [0.2, 0.25) is 5.88 Å². The van der Waals surface area contributed by atoms with Crippen molar-refractivity contribution in [3.63, 3.8) is 0 Å². The smallest absolute Gasteiger partial charge is 0.283 e. The van der Waals surface area contributed by atoms with E-state index in [1.54, 1.807) is 4.57 Å². The van der Waals surface area contributed by atoms with Crippen molar-refractivity contribution in [2.75, 3.05) is 25.1 Å². The first-order valence-electron chi connectivity index (χ1n) is 10.1. The molecule has 2 N–H and O–H groups in total. The highest BCUT2D eigenvalue weighted by atomic mass is 16.5. The van der Waals surface area contributed by atoms with E-state index in [-0.39, 0.29) is 18.1 Å². The van der Waals surface area contributed by atoms with E-state index in [1.807, 2.05) is 52.0 Å². The molecule has 0 aliphatic rings. The normalized spacial score (nSPS) is 11.5. The molecule has 0 bridgehead atoms. The zero-order valence-electron chi connectivity index (χ0n) is 17.9. The van der Waals surface area contributed by atoms with Gasteiger partial charge in [-0.3, -0.25) is 4.79 Å². The zero-order valence-corrected chi connectivity index (χ0v) is 17.9. The van der Waals surface area contributed by atoms with E-state index in [2.05, 4.69) is 27.7 Å². The van der Waals surface area contributed by atoms with Gasteiger partial charge in [-0.25, -0.2) is 0 Å². The second-order valence-corrected chi connectivity index (χ2v) is 7.26. The van der Waals surface area contributed by atoms with E-state index in [0.717, 1.165) is 27.7 Å². The molecule has 0 saturated heterocycles. The van der Waals surface area contributed by atoms with Gasteiger partial charge in [0.15, 0.2) is 5.69 Å². The van der Waals surface area contributed by atoms with E-state index in [4.69, 9.17) is 4.74 Å². The third-order valence-corrected chi connectivity index (χ3v) is 4.94. The van der Waals surface area contributed by atoms with Crippen LogP contribution in [0.15, 0.2) is 46.6 Å². The number of hydrogen-bond donors (Lipinski definition) is 2. The van der Waals surface area contributed by atoms with Crippen LogP contribution < -0.4 is 5.32 Å². The summed E-state index contributed by atoms with van der Waals surface area (Å²) in [6.07, 6.45) is 0. The number of para-hydroxylation sites is 1. The van der Waals surface area contributed by atoms with E-state index in [1.165, 1.54) is 5.56 Å². The fourth-order valence-electron chi connectivity index (χ4n) is 3.66. The number of rotatable bonds is 8. The summed E-state index contributed by atoms with van der Waals surface area (Å²) in [4.78, 5) is 12.3. The summed E-state index contributed by atoms with van der Waals surface area (Å²) in [5, 5.41) is 22.4. The summed E-state index contributed by atoms with van der Waals surface area (Å²) in [5.41, 5.74) is 5.37. The highest BCUT2D eigenvalue weighted by Gasteiger charge is 2.16. The maximum atomic E-state index is 12.3. The van der Waals surface area contributed by atoms with Gasteiger partial charge in [-0.05, 0) is 44.9 Å². The molecule has 0 atom stereocenters. The van der Waals surface area contributed by atoms with Gasteiger partial charge in [0.1, 0.15) is 0 Å². The monoisotopic (exact) mass is 408 g/mol. The number of hydrogen-bond acceptors (Lipinski definition) is 5. The van der Waals surface area contributed by atoms with Crippen molar-refractivity contribution in [3.05, 3.63) is 53.1 Å². The van der Waals surface area contributed by atoms with Crippen LogP contribution in [0.5, 0.6) is 5.88 Å². The molecule has 1 heterocycles. The molecule has 1 amide bonds. The van der Waals surface area contributed by atoms with Gasteiger partial charge in [0, 0.05) is 24.2 Å². The molecule has 0 fully saturated rings. The Bertz CT molecular complexity index is 1060. The predicted octanol–water partition coefficient (Wildman–Crippen LogP) is 5.03. The van der Waals surface area contributed by atoms with Crippen molar-refractivity contribution in [3.8, 4) is 5.88 Å². The second kappa shape index (κ2) is 9.54. The average Bonchev–Trinajstić information content (AvgIpc) is 2.97. The van der Waals surface area contributed by atoms with Crippen LogP contribution in [-0.2, 0) is 16.1 Å². The van der Waals surface area contributed by atoms with Crippen LogP contribution in [0.1, 0.15) is 23.6 Å². The number of aromatic nitrogens is 1. The van der Waals surface area contributed by atoms with Crippen molar-refractivity contribution in [2.24, 2.45) is 10.2 Å². The van der Waals surface area contributed by atoms with Gasteiger partial charge < -0.3 is 19.7 Å². The number of nitrogens with zero attached hydrogens (tertiary/aromatic N) is 3. The lowest BCUT2D eigenvalue weighted by Gasteiger charge is -2.12. The standard InChI is InChI=1S/C23H28N4O3/c1-5-30-11-10-27-19-9-7-6-8-18(19)22(23(27)29)26-25-20(28)14-24-21-16(3)12-15(2)13-17(21)4/h6-9,12-13,24,29H,5,10-11,14H2,1-4H3. The highest BCUT2D eigenvalue weighted by molar-refractivity contribution is 5.95. The molecular weight excluding hydrogens is 380 g/mol. The lowest BCUT2D eigenvalue weighted by Crippen LogP contribution is -2.12. The molecular formula is C23H28N4O3. The van der Waals surface area contributed by atoms with Crippen LogP contribution in [-0.4, -0.2) is 35.3 Å². The first-order valence-corrected chi connectivity index (χ1v) is 10.1. The summed E-state index contributed by atoms with van der Waals surface area (Å²) < 4.78 is 7.12. The Hall–Kier alpha value is -3.19. The molecule has 0 spiro atoms. The minimum atomic E-state index is -0.417. The maximum absolute atomic E-state index is 12.3. The van der Waals surface area contributed by atoms with Crippen LogP contribution >= 0.6 is 0 Å². The van der Waals surface area contributed by atoms with Crippen LogP contribution in [0, 0.1) is 20.8 Å². The molecule has 0 radical (unpaired) electrons. The van der Waals surface area contributed by atoms with E-state index < -0.39 is 5.91 Å². The third-order valence-electron chi connectivity index (χ3n) is 4.94. The number of ether oxygens (including phenoxy) is 1. The van der Waals surface area contributed by atoms with Crippen molar-refractivity contribution >= 4 is 28.2 Å². The fraction of sp³-hybridized carbons (Fsp3) is 0.348. The van der Waals surface area contributed by atoms with E-state index >= 15 is 0 Å². The van der Waals surface area contributed by atoms with Crippen molar-refractivity contribution < 1.29 is 14.6 Å². The van der Waals surface area contributed by atoms with Gasteiger partial charge in [0.05, 0.1) is 18.7 Å². The Kier molecular flexibility index (Phi) is 6.84. The Morgan fingerprint density at radius 2 is 1.87 bits per heavy atom. The molecule has 1 aromatic heterocycles. The van der Waals surface area contributed by atoms with Crippen molar-refractivity contribution in [2.45, 2.75) is 34.2 Å². The molecule has 3 rings (SSSR count). The number of fused-ring (bicyclic) bond motifs is 1. The Morgan fingerprint density at radius 1 is 1.17 bits per heavy atom. The lowest BCUT2D eigenvalue weighted by molar-refractivity contribution is -0.116. The molecule has 30 heavy (non-hydrogen) atoms. The summed E-state index contributed by atoms with van der Waals surface area (Å²) in [6.45, 7) is 9.56. The quantitative estimate of drug-likeness (QED) is 0.404. The average molecular weight is 409 g/mol. The first kappa shape index (κ1) is 21.5. The molecule has 0 saturated carbocycles. The summed E-state index contributed by atoms with van der Waals surface area (Å²) in [7, 11) is 0. The minimum absolute atomic E-state index is 0.0226. The number of carbonyl (C=O) groups is 1. The summed E-state index contributed by atoms with van der Waals surface area (Å²) in [6, 6.07) is 11.6. The maximum Gasteiger partial charge on any atom is 0.283 e. The van der Waals surface area contributed by atoms with E-state index in [0.29, 0.717) is 19.8 Å². The van der Waals surface area contributed by atoms with Crippen LogP contribution in [0.2, 0.25) is 0 Å². The zero-order chi connectivity index (χ0) is 21.7. The summed E-state index contributed by atoms with van der Waals surface area (Å²) >= 11 is 0. The molecule has 0 unspecified atom stereocenters. The minimum Gasteiger partial charge on any atom is -0.493 e. The Labute approximate surface area is 176 Å². The van der Waals surface area contributed by atoms with Crippen LogP contribution in [0.25, 0.3) is 10.9 Å². The number of azo groups is 1. The molecule has 158 valence electrons. The Morgan fingerprint density at radius 3 is 2.57 bits per heavy atom. The molecule has 2 aromatic carbocycles. The van der Waals surface area contributed by atoms with Gasteiger partial charge in [-0.1, -0.05) is 35.9 Å². The van der Waals surface area contributed by atoms with Crippen molar-refractivity contribution in [1.29, 1.82) is 0 Å². The number of carbonyl (C=O) groups excluding carboxylic acids is 1. The van der Waals surface area contributed by atoms with Gasteiger partial charge >= 0.3 is 0 Å². The van der Waals surface area contributed by atoms with Crippen LogP contribution in [0.3, 0.4) is 0 Å². The first-order chi connectivity index (χ1) is 14.4. The molecule has 0 aliphatic carbocycles. The van der Waals surface area contributed by atoms with E-state index in [9.17, 15) is 9.90 Å². The lowest BCUT2D eigenvalue weighted by atomic mass is 10.1. The predicted molar refractivity (Wildman–Crippen MR) is 119 cm³/mol. The van der Waals surface area contributed by atoms with Crippen LogP contribution in [0.4, 0.5) is 11.4 Å². The molecule has 0 aliphatic heterocycles. The molecule has 3 aromatic rings. The molecule has 7 heteroatoms. The summed E-state index contributed by atoms with van der Waals surface area (Å²) in [5.74, 6) is -0.439. The fourth-order valence-corrected chi connectivity index (χ4v) is 3.66. The van der Waals surface area contributed by atoms with Gasteiger partial charge in [-0.2, -0.15) is 0 Å². The topological polar surface area (TPSA) is 88.2 Å². The van der Waals surface area contributed by atoms with Gasteiger partial charge in [0.25, 0.3) is 5.91 Å². The van der Waals surface area contributed by atoms with Crippen molar-refractivity contribution in [1.82, 2.24) is 4.57 Å². The molecule has 7 nitrogen and oxygen atoms in total. The third kappa shape index (κ3) is 4.68. The second-order valence-electron chi connectivity index (χ2n) is 7.26. The number of aromatic hydroxyl groups is 1. The number of nitrogens with one attached hydrogen (secondary N) is 1. The number of aryl methyl sites for hydroxylation is 3. The largest absolute Gasteiger partial charge is 0.493 e. The highest BCUT2D eigenvalue weighted by Crippen LogP contribution is 2.38. The number of amides is 1. The SMILES string of the molecule is CCOCCn1c(O)c(N=NC(=O)CNc2c(C)cc(C)cc2C)c2ccccc21.